The van der Waals surface area contributed by atoms with Crippen LogP contribution in [0.5, 0.6) is 5.75 Å². The van der Waals surface area contributed by atoms with E-state index in [1.165, 1.54) is 0 Å². The zero-order valence-corrected chi connectivity index (χ0v) is 13.5. The topological polar surface area (TPSA) is 44.0 Å². The first kappa shape index (κ1) is 14.1. The van der Waals surface area contributed by atoms with Crippen molar-refractivity contribution in [2.24, 2.45) is 0 Å². The Morgan fingerprint density at radius 1 is 1.26 bits per heavy atom. The van der Waals surface area contributed by atoms with Gasteiger partial charge < -0.3 is 5.11 Å². The van der Waals surface area contributed by atoms with E-state index in [0.29, 0.717) is 10.0 Å². The fraction of sp³-hybridized carbons (Fsp3) is 0. The summed E-state index contributed by atoms with van der Waals surface area (Å²) in [5.74, 6) is 0.218. The predicted octanol–water partition coefficient (Wildman–Crippen LogP) is 4.82. The Morgan fingerprint density at radius 2 is 1.95 bits per heavy atom. The molecule has 0 aliphatic heterocycles. The number of phenolic OH excluding ortho intramolecular Hbond substituents is 1. The molecule has 0 aliphatic carbocycles. The van der Waals surface area contributed by atoms with Gasteiger partial charge in [0.25, 0.3) is 0 Å². The average molecular weight is 426 g/mol. The van der Waals surface area contributed by atoms with Crippen LogP contribution in [0.4, 0.5) is 0 Å². The zero-order valence-electron chi connectivity index (χ0n) is 9.77. The van der Waals surface area contributed by atoms with Crippen LogP contribution in [0, 0.1) is 14.9 Å². The first-order valence-corrected chi connectivity index (χ1v) is 7.34. The number of nitriles is 1. The summed E-state index contributed by atoms with van der Waals surface area (Å²) >= 11 is 5.35. The predicted molar refractivity (Wildman–Crippen MR) is 88.4 cm³/mol. The lowest BCUT2D eigenvalue weighted by Crippen LogP contribution is -1.84. The largest absolute Gasteiger partial charge is 0.506 e. The monoisotopic (exact) mass is 425 g/mol. The van der Waals surface area contributed by atoms with E-state index in [2.05, 4.69) is 44.6 Å². The van der Waals surface area contributed by atoms with Gasteiger partial charge in [-0.1, -0.05) is 30.3 Å². The molecule has 0 saturated heterocycles. The third-order valence-corrected chi connectivity index (χ3v) is 3.98. The molecule has 0 amide bonds. The third-order valence-electron chi connectivity index (χ3n) is 2.56. The zero-order chi connectivity index (χ0) is 13.8. The van der Waals surface area contributed by atoms with Crippen molar-refractivity contribution in [1.82, 2.24) is 0 Å². The fourth-order valence-electron chi connectivity index (χ4n) is 1.63. The number of nitrogens with zero attached hydrogens (tertiary/aromatic N) is 1. The van der Waals surface area contributed by atoms with Crippen LogP contribution in [0.2, 0.25) is 0 Å². The van der Waals surface area contributed by atoms with Gasteiger partial charge in [0.2, 0.25) is 0 Å². The molecule has 0 aromatic heterocycles. The normalized spacial score (nSPS) is 11.1. The molecule has 2 rings (SSSR count). The van der Waals surface area contributed by atoms with Crippen LogP contribution in [-0.2, 0) is 0 Å². The van der Waals surface area contributed by atoms with Crippen molar-refractivity contribution in [3.8, 4) is 11.8 Å². The van der Waals surface area contributed by atoms with Crippen molar-refractivity contribution in [2.45, 2.75) is 0 Å². The molecule has 0 unspecified atom stereocenters. The Kier molecular flexibility index (Phi) is 4.61. The highest BCUT2D eigenvalue weighted by atomic mass is 127. The van der Waals surface area contributed by atoms with Crippen LogP contribution < -0.4 is 0 Å². The number of benzene rings is 2. The SMILES string of the molecule is N#C/C(=C\c1cc(Br)c(O)c(I)c1)c1ccccc1. The maximum atomic E-state index is 9.70. The van der Waals surface area contributed by atoms with Gasteiger partial charge in [-0.05, 0) is 67.9 Å². The molecule has 0 aliphatic rings. The average Bonchev–Trinajstić information content (AvgIpc) is 2.43. The Bertz CT molecular complexity index is 651. The number of allylic oxidation sites excluding steroid dienone is 1. The molecule has 0 heterocycles. The molecule has 2 aromatic carbocycles. The molecule has 0 saturated carbocycles. The molecule has 0 fully saturated rings. The number of phenols is 1. The highest BCUT2D eigenvalue weighted by molar-refractivity contribution is 14.1. The second-order valence-electron chi connectivity index (χ2n) is 3.87. The fourth-order valence-corrected chi connectivity index (χ4v) is 3.13. The molecular weight excluding hydrogens is 417 g/mol. The van der Waals surface area contributed by atoms with Crippen molar-refractivity contribution >= 4 is 50.2 Å². The van der Waals surface area contributed by atoms with Crippen LogP contribution in [0.25, 0.3) is 11.6 Å². The van der Waals surface area contributed by atoms with Gasteiger partial charge in [-0.25, -0.2) is 0 Å². The number of hydrogen-bond donors (Lipinski definition) is 1. The third kappa shape index (κ3) is 3.37. The van der Waals surface area contributed by atoms with Gasteiger partial charge in [0.1, 0.15) is 5.75 Å². The Morgan fingerprint density at radius 3 is 2.53 bits per heavy atom. The molecule has 2 nitrogen and oxygen atoms in total. The first-order valence-electron chi connectivity index (χ1n) is 5.47. The highest BCUT2D eigenvalue weighted by Crippen LogP contribution is 2.31. The molecule has 0 bridgehead atoms. The van der Waals surface area contributed by atoms with Crippen molar-refractivity contribution in [2.75, 3.05) is 0 Å². The molecule has 2 aromatic rings. The molecule has 1 N–H and O–H groups in total. The van der Waals surface area contributed by atoms with Crippen LogP contribution in [-0.4, -0.2) is 5.11 Å². The van der Waals surface area contributed by atoms with Gasteiger partial charge in [0, 0.05) is 0 Å². The van der Waals surface area contributed by atoms with Gasteiger partial charge in [-0.3, -0.25) is 0 Å². The van der Waals surface area contributed by atoms with E-state index in [0.717, 1.165) is 14.7 Å². The van der Waals surface area contributed by atoms with Gasteiger partial charge in [-0.2, -0.15) is 5.26 Å². The van der Waals surface area contributed by atoms with E-state index in [4.69, 9.17) is 0 Å². The lowest BCUT2D eigenvalue weighted by molar-refractivity contribution is 0.468. The summed E-state index contributed by atoms with van der Waals surface area (Å²) < 4.78 is 1.36. The van der Waals surface area contributed by atoms with Crippen molar-refractivity contribution in [3.05, 3.63) is 61.6 Å². The number of aromatic hydroxyl groups is 1. The van der Waals surface area contributed by atoms with E-state index in [1.807, 2.05) is 42.5 Å². The summed E-state index contributed by atoms with van der Waals surface area (Å²) in [4.78, 5) is 0. The minimum absolute atomic E-state index is 0.218. The molecule has 0 atom stereocenters. The summed E-state index contributed by atoms with van der Waals surface area (Å²) in [5, 5.41) is 19.0. The summed E-state index contributed by atoms with van der Waals surface area (Å²) in [6, 6.07) is 15.3. The molecule has 19 heavy (non-hydrogen) atoms. The van der Waals surface area contributed by atoms with E-state index in [1.54, 1.807) is 6.07 Å². The number of hydrogen-bond acceptors (Lipinski definition) is 2. The summed E-state index contributed by atoms with van der Waals surface area (Å²) in [6.45, 7) is 0. The van der Waals surface area contributed by atoms with Crippen molar-refractivity contribution in [1.29, 1.82) is 5.26 Å². The molecular formula is C15H9BrINO. The maximum Gasteiger partial charge on any atom is 0.143 e. The smallest absolute Gasteiger partial charge is 0.143 e. The van der Waals surface area contributed by atoms with Gasteiger partial charge in [0.15, 0.2) is 0 Å². The van der Waals surface area contributed by atoms with Crippen LogP contribution in [0.3, 0.4) is 0 Å². The second kappa shape index (κ2) is 6.22. The second-order valence-corrected chi connectivity index (χ2v) is 5.89. The quantitative estimate of drug-likeness (QED) is 0.425. The van der Waals surface area contributed by atoms with Crippen LogP contribution >= 0.6 is 38.5 Å². The van der Waals surface area contributed by atoms with Gasteiger partial charge in [-0.15, -0.1) is 0 Å². The van der Waals surface area contributed by atoms with E-state index < -0.39 is 0 Å². The summed E-state index contributed by atoms with van der Waals surface area (Å²) in [5.41, 5.74) is 2.34. The van der Waals surface area contributed by atoms with Crippen molar-refractivity contribution in [3.63, 3.8) is 0 Å². The lowest BCUT2D eigenvalue weighted by atomic mass is 10.0. The minimum Gasteiger partial charge on any atom is -0.506 e. The van der Waals surface area contributed by atoms with E-state index in [9.17, 15) is 10.4 Å². The van der Waals surface area contributed by atoms with Crippen LogP contribution in [0.1, 0.15) is 11.1 Å². The van der Waals surface area contributed by atoms with Gasteiger partial charge >= 0.3 is 0 Å². The minimum atomic E-state index is 0.218. The van der Waals surface area contributed by atoms with E-state index in [-0.39, 0.29) is 5.75 Å². The molecule has 0 radical (unpaired) electrons. The Labute approximate surface area is 133 Å². The first-order chi connectivity index (χ1) is 9.11. The van der Waals surface area contributed by atoms with Crippen molar-refractivity contribution < 1.29 is 5.11 Å². The highest BCUT2D eigenvalue weighted by Gasteiger charge is 2.06. The lowest BCUT2D eigenvalue weighted by Gasteiger charge is -2.04. The molecule has 4 heteroatoms. The number of rotatable bonds is 2. The molecule has 0 spiro atoms. The Balaban J connectivity index is 2.48. The summed E-state index contributed by atoms with van der Waals surface area (Å²) in [6.07, 6.45) is 1.81. The summed E-state index contributed by atoms with van der Waals surface area (Å²) in [7, 11) is 0. The van der Waals surface area contributed by atoms with E-state index >= 15 is 0 Å². The standard InChI is InChI=1S/C15H9BrINO/c16-13-7-10(8-14(17)15(13)19)6-12(9-18)11-4-2-1-3-5-11/h1-8,19H/b12-6+. The number of halogens is 2. The molecule has 94 valence electrons. The maximum absolute atomic E-state index is 9.70. The Hall–Kier alpha value is -1.32. The van der Waals surface area contributed by atoms with Crippen LogP contribution in [0.15, 0.2) is 46.9 Å². The van der Waals surface area contributed by atoms with Gasteiger partial charge in [0.05, 0.1) is 19.7 Å².